The van der Waals surface area contributed by atoms with Gasteiger partial charge in [-0.05, 0) is 43.9 Å². The zero-order chi connectivity index (χ0) is 19.8. The Morgan fingerprint density at radius 2 is 1.79 bits per heavy atom. The van der Waals surface area contributed by atoms with Crippen LogP contribution in [-0.4, -0.2) is 31.3 Å². The normalized spacial score (nSPS) is 15.1. The van der Waals surface area contributed by atoms with Crippen molar-refractivity contribution in [1.82, 2.24) is 25.1 Å². The van der Waals surface area contributed by atoms with Gasteiger partial charge in [0.05, 0.1) is 16.2 Å². The van der Waals surface area contributed by atoms with Gasteiger partial charge in [0.2, 0.25) is 11.8 Å². The molecular weight excluding hydrogens is 390 g/mol. The summed E-state index contributed by atoms with van der Waals surface area (Å²) in [6, 6.07) is 10.0. The Bertz CT molecular complexity index is 1150. The van der Waals surface area contributed by atoms with Gasteiger partial charge in [-0.2, -0.15) is 4.98 Å². The fourth-order valence-electron chi connectivity index (χ4n) is 3.68. The number of hydrogen-bond donors (Lipinski definition) is 1. The van der Waals surface area contributed by atoms with E-state index in [1.54, 1.807) is 6.92 Å². The highest BCUT2D eigenvalue weighted by Gasteiger charge is 2.18. The molecule has 5 rings (SSSR count). The van der Waals surface area contributed by atoms with Crippen LogP contribution in [0.1, 0.15) is 38.0 Å². The number of H-pyrrole nitrogens is 1. The Labute approximate surface area is 172 Å². The van der Waals surface area contributed by atoms with Crippen LogP contribution in [0.15, 0.2) is 34.7 Å². The third kappa shape index (κ3) is 3.70. The highest BCUT2D eigenvalue weighted by Crippen LogP contribution is 2.31. The van der Waals surface area contributed by atoms with Crippen LogP contribution in [0, 0.1) is 6.92 Å². The van der Waals surface area contributed by atoms with Crippen molar-refractivity contribution in [2.45, 2.75) is 45.1 Å². The van der Waals surface area contributed by atoms with Crippen LogP contribution in [0.25, 0.3) is 33.9 Å². The summed E-state index contributed by atoms with van der Waals surface area (Å²) in [6.45, 7) is 1.76. The second kappa shape index (κ2) is 7.48. The minimum atomic E-state index is 0.222. The van der Waals surface area contributed by atoms with Crippen molar-refractivity contribution in [3.05, 3.63) is 41.2 Å². The van der Waals surface area contributed by atoms with Crippen molar-refractivity contribution in [3.8, 4) is 28.7 Å². The second-order valence-corrected chi connectivity index (χ2v) is 7.72. The summed E-state index contributed by atoms with van der Waals surface area (Å²) >= 11 is 6.51. The number of benzene rings is 1. The average Bonchev–Trinajstić information content (AvgIpc) is 3.33. The minimum Gasteiger partial charge on any atom is -0.461 e. The number of halogens is 1. The van der Waals surface area contributed by atoms with E-state index in [1.807, 2.05) is 30.3 Å². The summed E-state index contributed by atoms with van der Waals surface area (Å²) in [5.74, 6) is 1.02. The monoisotopic (exact) mass is 409 g/mol. The number of aromatic nitrogens is 5. The van der Waals surface area contributed by atoms with E-state index >= 15 is 0 Å². The van der Waals surface area contributed by atoms with Crippen molar-refractivity contribution >= 4 is 22.8 Å². The Balaban J connectivity index is 1.42. The van der Waals surface area contributed by atoms with Crippen LogP contribution in [-0.2, 0) is 0 Å². The fourth-order valence-corrected chi connectivity index (χ4v) is 3.94. The molecule has 7 nitrogen and oxygen atoms in total. The number of ether oxygens (including phenoxy) is 1. The van der Waals surface area contributed by atoms with E-state index in [1.165, 1.54) is 19.3 Å². The fraction of sp³-hybridized carbons (Fsp3) is 0.333. The van der Waals surface area contributed by atoms with E-state index in [0.717, 1.165) is 29.5 Å². The molecule has 1 N–H and O–H groups in total. The molecule has 0 amide bonds. The molecule has 0 atom stereocenters. The molecule has 1 aliphatic rings. The van der Waals surface area contributed by atoms with Gasteiger partial charge in [0.1, 0.15) is 6.10 Å². The quantitative estimate of drug-likeness (QED) is 0.488. The molecule has 0 aliphatic heterocycles. The standard InChI is InChI=1S/C21H20ClN5O2/c1-12-26-27-20(28-12)14-9-7-13(8-10-14)18-16(22)11-17-19(24-18)25-21(23-17)29-15-5-3-2-4-6-15/h7-11,15H,2-6H2,1H3,(H,23,24,25). The molecule has 0 spiro atoms. The third-order valence-electron chi connectivity index (χ3n) is 5.17. The molecule has 0 bridgehead atoms. The summed E-state index contributed by atoms with van der Waals surface area (Å²) in [7, 11) is 0. The topological polar surface area (TPSA) is 89.7 Å². The molecule has 4 aromatic rings. The molecule has 0 radical (unpaired) electrons. The third-order valence-corrected chi connectivity index (χ3v) is 5.45. The lowest BCUT2D eigenvalue weighted by Gasteiger charge is -2.21. The number of aromatic amines is 1. The molecule has 8 heteroatoms. The van der Waals surface area contributed by atoms with Crippen LogP contribution in [0.4, 0.5) is 0 Å². The molecule has 29 heavy (non-hydrogen) atoms. The largest absolute Gasteiger partial charge is 0.461 e. The number of pyridine rings is 1. The van der Waals surface area contributed by atoms with Gasteiger partial charge in [-0.15, -0.1) is 10.2 Å². The van der Waals surface area contributed by atoms with E-state index in [0.29, 0.717) is 34.2 Å². The van der Waals surface area contributed by atoms with Crippen LogP contribution in [0.2, 0.25) is 5.02 Å². The average molecular weight is 410 g/mol. The van der Waals surface area contributed by atoms with Gasteiger partial charge >= 0.3 is 0 Å². The first kappa shape index (κ1) is 18.1. The number of nitrogens with one attached hydrogen (secondary N) is 1. The van der Waals surface area contributed by atoms with Crippen LogP contribution < -0.4 is 4.74 Å². The van der Waals surface area contributed by atoms with Crippen molar-refractivity contribution < 1.29 is 9.15 Å². The Kier molecular flexibility index (Phi) is 4.67. The molecule has 1 aromatic carbocycles. The lowest BCUT2D eigenvalue weighted by Crippen LogP contribution is -2.20. The van der Waals surface area contributed by atoms with Gasteiger partial charge in [-0.1, -0.05) is 30.2 Å². The highest BCUT2D eigenvalue weighted by atomic mass is 35.5. The number of hydrogen-bond acceptors (Lipinski definition) is 6. The van der Waals surface area contributed by atoms with E-state index in [-0.39, 0.29) is 6.10 Å². The molecule has 1 saturated carbocycles. The molecule has 148 valence electrons. The van der Waals surface area contributed by atoms with Gasteiger partial charge in [-0.3, -0.25) is 0 Å². The maximum absolute atomic E-state index is 6.51. The predicted octanol–water partition coefficient (Wildman–Crippen LogP) is 5.35. The summed E-state index contributed by atoms with van der Waals surface area (Å²) in [5.41, 5.74) is 3.75. The summed E-state index contributed by atoms with van der Waals surface area (Å²) in [5, 5.41) is 8.45. The molecule has 1 aliphatic carbocycles. The molecule has 0 saturated heterocycles. The summed E-state index contributed by atoms with van der Waals surface area (Å²) in [4.78, 5) is 12.4. The van der Waals surface area contributed by atoms with Gasteiger partial charge in [-0.25, -0.2) is 4.98 Å². The van der Waals surface area contributed by atoms with E-state index in [2.05, 4.69) is 25.1 Å². The second-order valence-electron chi connectivity index (χ2n) is 7.31. The Morgan fingerprint density at radius 1 is 1.03 bits per heavy atom. The van der Waals surface area contributed by atoms with Crippen molar-refractivity contribution in [2.75, 3.05) is 0 Å². The first-order valence-corrected chi connectivity index (χ1v) is 10.2. The van der Waals surface area contributed by atoms with Crippen molar-refractivity contribution in [3.63, 3.8) is 0 Å². The SMILES string of the molecule is Cc1nnc(-c2ccc(-c3nc4nc(OC5CCCCC5)[nH]c4cc3Cl)cc2)o1. The van der Waals surface area contributed by atoms with Crippen LogP contribution in [0.3, 0.4) is 0 Å². The number of fused-ring (bicyclic) bond motifs is 1. The first-order chi connectivity index (χ1) is 14.2. The molecule has 3 aromatic heterocycles. The molecule has 0 unspecified atom stereocenters. The smallest absolute Gasteiger partial charge is 0.296 e. The summed E-state index contributed by atoms with van der Waals surface area (Å²) in [6.07, 6.45) is 6.06. The van der Waals surface area contributed by atoms with Gasteiger partial charge in [0.15, 0.2) is 5.65 Å². The van der Waals surface area contributed by atoms with Crippen molar-refractivity contribution in [2.24, 2.45) is 0 Å². The Morgan fingerprint density at radius 3 is 2.52 bits per heavy atom. The van der Waals surface area contributed by atoms with Gasteiger partial charge < -0.3 is 14.1 Å². The number of rotatable bonds is 4. The zero-order valence-corrected chi connectivity index (χ0v) is 16.7. The summed E-state index contributed by atoms with van der Waals surface area (Å²) < 4.78 is 11.5. The predicted molar refractivity (Wildman–Crippen MR) is 110 cm³/mol. The lowest BCUT2D eigenvalue weighted by atomic mass is 9.98. The number of aryl methyl sites for hydroxylation is 1. The molecular formula is C21H20ClN5O2. The first-order valence-electron chi connectivity index (χ1n) is 9.79. The molecule has 3 heterocycles. The van der Waals surface area contributed by atoms with Gasteiger partial charge in [0.25, 0.3) is 6.01 Å². The maximum atomic E-state index is 6.51. The highest BCUT2D eigenvalue weighted by molar-refractivity contribution is 6.33. The van der Waals surface area contributed by atoms with E-state index in [9.17, 15) is 0 Å². The maximum Gasteiger partial charge on any atom is 0.296 e. The number of imidazole rings is 1. The van der Waals surface area contributed by atoms with Crippen LogP contribution in [0.5, 0.6) is 6.01 Å². The zero-order valence-electron chi connectivity index (χ0n) is 16.0. The van der Waals surface area contributed by atoms with E-state index in [4.69, 9.17) is 20.8 Å². The van der Waals surface area contributed by atoms with Crippen molar-refractivity contribution in [1.29, 1.82) is 0 Å². The van der Waals surface area contributed by atoms with E-state index < -0.39 is 0 Å². The van der Waals surface area contributed by atoms with Gasteiger partial charge in [0, 0.05) is 18.1 Å². The van der Waals surface area contributed by atoms with Crippen LogP contribution >= 0.6 is 11.6 Å². The number of nitrogens with zero attached hydrogens (tertiary/aromatic N) is 4. The Hall–Kier alpha value is -2.93. The molecule has 1 fully saturated rings. The minimum absolute atomic E-state index is 0.222. The lowest BCUT2D eigenvalue weighted by molar-refractivity contribution is 0.143.